The molecule has 24 heavy (non-hydrogen) atoms. The molecule has 4 heteroatoms. The first-order valence-electron chi connectivity index (χ1n) is 8.08. The van der Waals surface area contributed by atoms with Gasteiger partial charge in [-0.3, -0.25) is 9.59 Å². The summed E-state index contributed by atoms with van der Waals surface area (Å²) in [5.74, 6) is -1.50. The van der Waals surface area contributed by atoms with Crippen LogP contribution in [0.3, 0.4) is 0 Å². The number of benzene rings is 2. The number of fused-ring (bicyclic) bond motifs is 1. The van der Waals surface area contributed by atoms with Crippen LogP contribution in [0.15, 0.2) is 60.7 Å². The van der Waals surface area contributed by atoms with E-state index in [4.69, 9.17) is 9.47 Å². The summed E-state index contributed by atoms with van der Waals surface area (Å²) in [6.45, 7) is 0. The molecule has 2 fully saturated rings. The first-order chi connectivity index (χ1) is 11.7. The zero-order valence-corrected chi connectivity index (χ0v) is 13.3. The Balaban J connectivity index is 1.83. The van der Waals surface area contributed by atoms with E-state index < -0.39 is 11.5 Å². The number of esters is 2. The Kier molecular flexibility index (Phi) is 3.41. The van der Waals surface area contributed by atoms with Crippen molar-refractivity contribution in [2.24, 2.45) is 11.8 Å². The Morgan fingerprint density at radius 3 is 2.29 bits per heavy atom. The molecular formula is C20H18O4. The van der Waals surface area contributed by atoms with E-state index in [0.29, 0.717) is 6.42 Å². The number of methoxy groups -OCH3 is 1. The topological polar surface area (TPSA) is 52.6 Å². The SMILES string of the molecule is COC(=O)[C@H]1C[C@]2(c3ccccc3)OC(=O)C2[C@H]1c1ccccc1. The zero-order chi connectivity index (χ0) is 16.7. The molecule has 4 atom stereocenters. The average molecular weight is 322 g/mol. The predicted molar refractivity (Wildman–Crippen MR) is 87.0 cm³/mol. The van der Waals surface area contributed by atoms with Gasteiger partial charge in [0.05, 0.1) is 13.0 Å². The smallest absolute Gasteiger partial charge is 0.314 e. The first kappa shape index (κ1) is 14.9. The summed E-state index contributed by atoms with van der Waals surface area (Å²) in [5, 5.41) is 0. The fourth-order valence-electron chi connectivity index (χ4n) is 4.29. The maximum absolute atomic E-state index is 12.4. The van der Waals surface area contributed by atoms with Crippen LogP contribution in [0.4, 0.5) is 0 Å². The molecule has 0 amide bonds. The largest absolute Gasteiger partial charge is 0.469 e. The van der Waals surface area contributed by atoms with Gasteiger partial charge in [0.25, 0.3) is 0 Å². The van der Waals surface area contributed by atoms with Crippen LogP contribution in [0.5, 0.6) is 0 Å². The summed E-state index contributed by atoms with van der Waals surface area (Å²) in [7, 11) is 1.39. The highest BCUT2D eigenvalue weighted by molar-refractivity contribution is 5.87. The van der Waals surface area contributed by atoms with Crippen molar-refractivity contribution in [3.63, 3.8) is 0 Å². The van der Waals surface area contributed by atoms with Crippen LogP contribution in [0, 0.1) is 11.8 Å². The van der Waals surface area contributed by atoms with Gasteiger partial charge in [-0.15, -0.1) is 0 Å². The van der Waals surface area contributed by atoms with Crippen LogP contribution in [0.1, 0.15) is 23.5 Å². The molecule has 2 aromatic carbocycles. The number of carbonyl (C=O) groups excluding carboxylic acids is 2. The Morgan fingerprint density at radius 2 is 1.71 bits per heavy atom. The third-order valence-corrected chi connectivity index (χ3v) is 5.31. The van der Waals surface area contributed by atoms with Gasteiger partial charge in [-0.1, -0.05) is 60.7 Å². The molecule has 0 spiro atoms. The van der Waals surface area contributed by atoms with E-state index in [1.807, 2.05) is 60.7 Å². The minimum absolute atomic E-state index is 0.222. The van der Waals surface area contributed by atoms with Crippen LogP contribution in [0.25, 0.3) is 0 Å². The molecule has 122 valence electrons. The van der Waals surface area contributed by atoms with Gasteiger partial charge < -0.3 is 9.47 Å². The lowest BCUT2D eigenvalue weighted by molar-refractivity contribution is -0.211. The summed E-state index contributed by atoms with van der Waals surface area (Å²) < 4.78 is 10.7. The van der Waals surface area contributed by atoms with Gasteiger partial charge in [0.1, 0.15) is 5.92 Å². The Hall–Kier alpha value is -2.62. The third kappa shape index (κ3) is 1.99. The molecular weight excluding hydrogens is 304 g/mol. The molecule has 4 nitrogen and oxygen atoms in total. The molecule has 1 aliphatic heterocycles. The fraction of sp³-hybridized carbons (Fsp3) is 0.300. The minimum Gasteiger partial charge on any atom is -0.469 e. The number of hydrogen-bond donors (Lipinski definition) is 0. The highest BCUT2D eigenvalue weighted by Gasteiger charge is 2.69. The first-order valence-corrected chi connectivity index (χ1v) is 8.08. The molecule has 0 aromatic heterocycles. The van der Waals surface area contributed by atoms with E-state index in [2.05, 4.69) is 0 Å². The molecule has 1 saturated carbocycles. The molecule has 0 bridgehead atoms. The van der Waals surface area contributed by atoms with Gasteiger partial charge in [-0.25, -0.2) is 0 Å². The van der Waals surface area contributed by atoms with E-state index in [9.17, 15) is 9.59 Å². The van der Waals surface area contributed by atoms with Crippen molar-refractivity contribution < 1.29 is 19.1 Å². The Morgan fingerprint density at radius 1 is 1.08 bits per heavy atom. The van der Waals surface area contributed by atoms with Crippen LogP contribution in [0.2, 0.25) is 0 Å². The molecule has 0 N–H and O–H groups in total. The predicted octanol–water partition coefficient (Wildman–Crippen LogP) is 3.03. The molecule has 1 aliphatic carbocycles. The number of rotatable bonds is 3. The van der Waals surface area contributed by atoms with Crippen molar-refractivity contribution in [1.29, 1.82) is 0 Å². The molecule has 1 heterocycles. The second-order valence-corrected chi connectivity index (χ2v) is 6.42. The van der Waals surface area contributed by atoms with Gasteiger partial charge in [0, 0.05) is 12.3 Å². The number of ether oxygens (including phenoxy) is 2. The maximum Gasteiger partial charge on any atom is 0.314 e. The minimum atomic E-state index is -0.724. The number of carbonyl (C=O) groups is 2. The second kappa shape index (κ2) is 5.48. The molecule has 2 aliphatic rings. The molecule has 0 radical (unpaired) electrons. The van der Waals surface area contributed by atoms with Crippen molar-refractivity contribution >= 4 is 11.9 Å². The second-order valence-electron chi connectivity index (χ2n) is 6.42. The zero-order valence-electron chi connectivity index (χ0n) is 13.3. The third-order valence-electron chi connectivity index (χ3n) is 5.31. The lowest BCUT2D eigenvalue weighted by Gasteiger charge is -2.45. The van der Waals surface area contributed by atoms with Crippen molar-refractivity contribution in [3.05, 3.63) is 71.8 Å². The van der Waals surface area contributed by atoms with Gasteiger partial charge in [0.15, 0.2) is 5.60 Å². The maximum atomic E-state index is 12.4. The highest BCUT2D eigenvalue weighted by Crippen LogP contribution is 2.62. The summed E-state index contributed by atoms with van der Waals surface area (Å²) in [5.41, 5.74) is 1.20. The van der Waals surface area contributed by atoms with E-state index in [0.717, 1.165) is 11.1 Å². The van der Waals surface area contributed by atoms with Crippen molar-refractivity contribution in [2.75, 3.05) is 7.11 Å². The summed E-state index contributed by atoms with van der Waals surface area (Å²) in [6.07, 6.45) is 0.458. The number of hydrogen-bond acceptors (Lipinski definition) is 4. The van der Waals surface area contributed by atoms with Crippen LogP contribution < -0.4 is 0 Å². The quantitative estimate of drug-likeness (QED) is 0.815. The molecule has 1 saturated heterocycles. The Labute approximate surface area is 140 Å². The van der Waals surface area contributed by atoms with Crippen molar-refractivity contribution in [2.45, 2.75) is 17.9 Å². The molecule has 2 aromatic rings. The van der Waals surface area contributed by atoms with Crippen molar-refractivity contribution in [1.82, 2.24) is 0 Å². The highest BCUT2D eigenvalue weighted by atomic mass is 16.6. The Bertz CT molecular complexity index is 771. The van der Waals surface area contributed by atoms with E-state index >= 15 is 0 Å². The lowest BCUT2D eigenvalue weighted by Crippen LogP contribution is -2.53. The standard InChI is InChI=1S/C20H18O4/c1-23-18(21)15-12-20(14-10-6-3-7-11-14)17(19(22)24-20)16(15)13-8-4-2-5-9-13/h2-11,15-17H,12H2,1H3/t15-,16-,17?,20+/m0/s1. The van der Waals surface area contributed by atoms with Crippen LogP contribution in [-0.4, -0.2) is 19.0 Å². The average Bonchev–Trinajstić information content (AvgIpc) is 2.92. The van der Waals surface area contributed by atoms with Crippen LogP contribution >= 0.6 is 0 Å². The van der Waals surface area contributed by atoms with Crippen molar-refractivity contribution in [3.8, 4) is 0 Å². The van der Waals surface area contributed by atoms with Gasteiger partial charge in [-0.2, -0.15) is 0 Å². The van der Waals surface area contributed by atoms with E-state index in [1.165, 1.54) is 7.11 Å². The van der Waals surface area contributed by atoms with E-state index in [1.54, 1.807) is 0 Å². The van der Waals surface area contributed by atoms with Crippen LogP contribution in [-0.2, 0) is 24.7 Å². The fourth-order valence-corrected chi connectivity index (χ4v) is 4.29. The summed E-state index contributed by atoms with van der Waals surface area (Å²) >= 11 is 0. The molecule has 1 unspecified atom stereocenters. The molecule has 4 rings (SSSR count). The van der Waals surface area contributed by atoms with E-state index in [-0.39, 0.29) is 23.8 Å². The van der Waals surface area contributed by atoms with Gasteiger partial charge >= 0.3 is 11.9 Å². The monoisotopic (exact) mass is 322 g/mol. The lowest BCUT2D eigenvalue weighted by atomic mass is 9.74. The van der Waals surface area contributed by atoms with Gasteiger partial charge in [0.2, 0.25) is 0 Å². The van der Waals surface area contributed by atoms with Gasteiger partial charge in [-0.05, 0) is 11.1 Å². The summed E-state index contributed by atoms with van der Waals surface area (Å²) in [4.78, 5) is 24.8. The normalized spacial score (nSPS) is 30.9. The summed E-state index contributed by atoms with van der Waals surface area (Å²) in [6, 6.07) is 19.4.